The number of nitrogens with one attached hydrogen (secondary N) is 4. The van der Waals surface area contributed by atoms with Gasteiger partial charge in [0.1, 0.15) is 0 Å². The lowest BCUT2D eigenvalue weighted by Gasteiger charge is -2.52. The number of rotatable bonds is 3. The zero-order chi connectivity index (χ0) is 16.7. The van der Waals surface area contributed by atoms with Crippen molar-refractivity contribution in [3.63, 3.8) is 0 Å². The Bertz CT molecular complexity index is 478. The van der Waals surface area contributed by atoms with Crippen LogP contribution in [-0.2, 0) is 4.79 Å². The third-order valence-corrected chi connectivity index (χ3v) is 7.22. The first kappa shape index (κ1) is 16.8. The third kappa shape index (κ3) is 2.89. The zero-order valence-electron chi connectivity index (χ0n) is 15.2. The van der Waals surface area contributed by atoms with E-state index in [-0.39, 0.29) is 17.5 Å². The molecule has 0 bridgehead atoms. The van der Waals surface area contributed by atoms with Gasteiger partial charge in [-0.2, -0.15) is 0 Å². The van der Waals surface area contributed by atoms with Gasteiger partial charge in [0.15, 0.2) is 0 Å². The molecule has 24 heavy (non-hydrogen) atoms. The number of amides is 1. The average molecular weight is 335 g/mol. The van der Waals surface area contributed by atoms with E-state index in [0.29, 0.717) is 29.8 Å². The number of carbonyl (C=O) groups is 1. The van der Waals surface area contributed by atoms with Gasteiger partial charge < -0.3 is 21.3 Å². The number of hydrogen-bond acceptors (Lipinski definition) is 4. The van der Waals surface area contributed by atoms with Crippen molar-refractivity contribution in [2.75, 3.05) is 19.6 Å². The topological polar surface area (TPSA) is 65.2 Å². The van der Waals surface area contributed by atoms with Crippen LogP contribution in [0.15, 0.2) is 0 Å². The van der Waals surface area contributed by atoms with Crippen molar-refractivity contribution in [3.8, 4) is 0 Å². The van der Waals surface area contributed by atoms with Crippen LogP contribution in [0, 0.1) is 17.8 Å². The summed E-state index contributed by atoms with van der Waals surface area (Å²) >= 11 is 0. The van der Waals surface area contributed by atoms with Gasteiger partial charge in [0.05, 0.1) is 11.6 Å². The van der Waals surface area contributed by atoms with Gasteiger partial charge in [0, 0.05) is 25.2 Å². The Morgan fingerprint density at radius 2 is 1.88 bits per heavy atom. The van der Waals surface area contributed by atoms with Crippen LogP contribution >= 0.6 is 0 Å². The minimum absolute atomic E-state index is 0.0110. The van der Waals surface area contributed by atoms with Crippen molar-refractivity contribution in [1.82, 2.24) is 21.3 Å². The maximum atomic E-state index is 13.0. The summed E-state index contributed by atoms with van der Waals surface area (Å²) in [6.07, 6.45) is 7.46. The van der Waals surface area contributed by atoms with Crippen LogP contribution in [0.5, 0.6) is 0 Å². The van der Waals surface area contributed by atoms with Crippen LogP contribution < -0.4 is 21.3 Å². The molecule has 0 spiro atoms. The summed E-state index contributed by atoms with van der Waals surface area (Å²) in [5.74, 6) is 2.27. The van der Waals surface area contributed by atoms with Crippen LogP contribution in [0.3, 0.4) is 0 Å². The summed E-state index contributed by atoms with van der Waals surface area (Å²) in [5, 5.41) is 14.2. The summed E-state index contributed by atoms with van der Waals surface area (Å²) in [6, 6.07) is 0.965. The van der Waals surface area contributed by atoms with E-state index in [1.54, 1.807) is 0 Å². The monoisotopic (exact) mass is 334 g/mol. The third-order valence-electron chi connectivity index (χ3n) is 7.22. The smallest absolute Gasteiger partial charge is 0.237 e. The van der Waals surface area contributed by atoms with Gasteiger partial charge in [-0.05, 0) is 56.4 Å². The first-order valence-electron chi connectivity index (χ1n) is 10.1. The Morgan fingerprint density at radius 3 is 2.54 bits per heavy atom. The molecular formula is C19H34N4O. The second-order valence-corrected chi connectivity index (χ2v) is 8.95. The van der Waals surface area contributed by atoms with Crippen LogP contribution in [0.25, 0.3) is 0 Å². The van der Waals surface area contributed by atoms with Gasteiger partial charge in [-0.25, -0.2) is 0 Å². The molecule has 0 aromatic heterocycles. The van der Waals surface area contributed by atoms with Crippen molar-refractivity contribution in [2.24, 2.45) is 17.8 Å². The lowest BCUT2D eigenvalue weighted by molar-refractivity contribution is -0.126. The van der Waals surface area contributed by atoms with Gasteiger partial charge in [0.25, 0.3) is 0 Å². The van der Waals surface area contributed by atoms with Crippen LogP contribution in [-0.4, -0.2) is 49.2 Å². The van der Waals surface area contributed by atoms with Crippen molar-refractivity contribution < 1.29 is 4.79 Å². The fourth-order valence-corrected chi connectivity index (χ4v) is 5.78. The number of fused-ring (bicyclic) bond motifs is 1. The molecular weight excluding hydrogens is 300 g/mol. The van der Waals surface area contributed by atoms with E-state index in [4.69, 9.17) is 0 Å². The van der Waals surface area contributed by atoms with Gasteiger partial charge in [-0.15, -0.1) is 0 Å². The molecule has 4 rings (SSSR count). The summed E-state index contributed by atoms with van der Waals surface area (Å²) in [7, 11) is 0. The highest BCUT2D eigenvalue weighted by Gasteiger charge is 2.50. The van der Waals surface area contributed by atoms with Crippen LogP contribution in [0.4, 0.5) is 0 Å². The molecule has 4 fully saturated rings. The van der Waals surface area contributed by atoms with Crippen molar-refractivity contribution in [1.29, 1.82) is 0 Å². The molecule has 6 atom stereocenters. The predicted octanol–water partition coefficient (Wildman–Crippen LogP) is 0.999. The van der Waals surface area contributed by atoms with E-state index in [1.165, 1.54) is 32.1 Å². The van der Waals surface area contributed by atoms with Crippen molar-refractivity contribution in [2.45, 2.75) is 76.0 Å². The highest BCUT2D eigenvalue weighted by atomic mass is 16.2. The summed E-state index contributed by atoms with van der Waals surface area (Å²) in [5.41, 5.74) is -0.0853. The normalized spacial score (nSPS) is 44.4. The quantitative estimate of drug-likeness (QED) is 0.622. The maximum Gasteiger partial charge on any atom is 0.237 e. The molecule has 1 amide bonds. The fourth-order valence-electron chi connectivity index (χ4n) is 5.78. The molecule has 6 unspecified atom stereocenters. The molecule has 3 saturated heterocycles. The molecule has 5 nitrogen and oxygen atoms in total. The Kier molecular flexibility index (Phi) is 4.61. The molecule has 136 valence electrons. The van der Waals surface area contributed by atoms with Crippen LogP contribution in [0.2, 0.25) is 0 Å². The molecule has 4 N–H and O–H groups in total. The van der Waals surface area contributed by atoms with E-state index in [1.807, 2.05) is 0 Å². The second-order valence-electron chi connectivity index (χ2n) is 8.95. The van der Waals surface area contributed by atoms with Crippen molar-refractivity contribution in [3.05, 3.63) is 0 Å². The van der Waals surface area contributed by atoms with E-state index in [0.717, 1.165) is 26.1 Å². The SMILES string of the molecule is CC1CCCC2CC(C(=O)NC3(C4NCCCC4C)CNC3)NC12. The number of hydrogen-bond donors (Lipinski definition) is 4. The number of piperidine rings is 1. The molecule has 4 aliphatic rings. The Balaban J connectivity index is 1.41. The fraction of sp³-hybridized carbons (Fsp3) is 0.947. The van der Waals surface area contributed by atoms with Gasteiger partial charge in [-0.1, -0.05) is 20.3 Å². The zero-order valence-corrected chi connectivity index (χ0v) is 15.2. The molecule has 3 heterocycles. The van der Waals surface area contributed by atoms with Crippen molar-refractivity contribution >= 4 is 5.91 Å². The highest BCUT2D eigenvalue weighted by molar-refractivity contribution is 5.83. The van der Waals surface area contributed by atoms with E-state index in [9.17, 15) is 4.79 Å². The largest absolute Gasteiger partial charge is 0.345 e. The molecule has 0 aromatic rings. The minimum atomic E-state index is -0.0853. The standard InChI is InChI=1S/C19H34N4O/c1-12-5-3-7-14-9-15(22-16(12)14)18(24)23-19(10-20-11-19)17-13(2)6-4-8-21-17/h12-17,20-22H,3-11H2,1-2H3,(H,23,24). The van der Waals surface area contributed by atoms with E-state index in [2.05, 4.69) is 35.1 Å². The first-order chi connectivity index (χ1) is 11.6. The Morgan fingerprint density at radius 1 is 1.08 bits per heavy atom. The van der Waals surface area contributed by atoms with Crippen LogP contribution in [0.1, 0.15) is 52.4 Å². The molecule has 5 heteroatoms. The molecule has 0 radical (unpaired) electrons. The predicted molar refractivity (Wildman–Crippen MR) is 95.8 cm³/mol. The molecule has 3 aliphatic heterocycles. The van der Waals surface area contributed by atoms with Gasteiger partial charge >= 0.3 is 0 Å². The summed E-state index contributed by atoms with van der Waals surface area (Å²) in [6.45, 7) is 7.55. The molecule has 1 aliphatic carbocycles. The lowest BCUT2D eigenvalue weighted by atomic mass is 9.74. The van der Waals surface area contributed by atoms with Gasteiger partial charge in [0.2, 0.25) is 5.91 Å². The van der Waals surface area contributed by atoms with E-state index < -0.39 is 0 Å². The van der Waals surface area contributed by atoms with Gasteiger partial charge in [-0.3, -0.25) is 4.79 Å². The molecule has 0 aromatic carbocycles. The maximum absolute atomic E-state index is 13.0. The molecule has 1 saturated carbocycles. The lowest BCUT2D eigenvalue weighted by Crippen LogP contribution is -2.79. The summed E-state index contributed by atoms with van der Waals surface area (Å²) < 4.78 is 0. The Labute approximate surface area is 146 Å². The first-order valence-corrected chi connectivity index (χ1v) is 10.1. The van der Waals surface area contributed by atoms with E-state index >= 15 is 0 Å². The average Bonchev–Trinajstić information content (AvgIpc) is 2.97. The second kappa shape index (κ2) is 6.58. The Hall–Kier alpha value is -0.650. The highest BCUT2D eigenvalue weighted by Crippen LogP contribution is 2.37. The number of carbonyl (C=O) groups excluding carboxylic acids is 1. The summed E-state index contributed by atoms with van der Waals surface area (Å²) in [4.78, 5) is 13.0. The minimum Gasteiger partial charge on any atom is -0.345 e.